The summed E-state index contributed by atoms with van der Waals surface area (Å²) in [5, 5.41) is 0. The Morgan fingerprint density at radius 3 is 2.60 bits per heavy atom. The summed E-state index contributed by atoms with van der Waals surface area (Å²) in [7, 11) is 0. The molecule has 0 amide bonds. The number of hydrogen-bond donors (Lipinski definition) is 1. The van der Waals surface area contributed by atoms with Gasteiger partial charge in [0.05, 0.1) is 0 Å². The van der Waals surface area contributed by atoms with Crippen LogP contribution in [0.25, 0.3) is 0 Å². The summed E-state index contributed by atoms with van der Waals surface area (Å²) in [6.45, 7) is 5.28. The molecular formula is C14H17N. The summed E-state index contributed by atoms with van der Waals surface area (Å²) in [5.41, 5.74) is 8.40. The van der Waals surface area contributed by atoms with E-state index >= 15 is 0 Å². The average Bonchev–Trinajstić information content (AvgIpc) is 2.80. The summed E-state index contributed by atoms with van der Waals surface area (Å²) in [4.78, 5) is 0. The van der Waals surface area contributed by atoms with Gasteiger partial charge in [0.15, 0.2) is 0 Å². The molecule has 78 valence electrons. The van der Waals surface area contributed by atoms with Gasteiger partial charge in [0.2, 0.25) is 0 Å². The molecule has 1 aromatic rings. The first kappa shape index (κ1) is 10.3. The van der Waals surface area contributed by atoms with Gasteiger partial charge in [-0.15, -0.1) is 6.42 Å². The first-order valence-corrected chi connectivity index (χ1v) is 5.38. The van der Waals surface area contributed by atoms with Gasteiger partial charge in [-0.2, -0.15) is 0 Å². The molecule has 2 atom stereocenters. The molecule has 0 unspecified atom stereocenters. The zero-order valence-corrected chi connectivity index (χ0v) is 9.33. The minimum atomic E-state index is 0.307. The molecule has 1 aliphatic rings. The van der Waals surface area contributed by atoms with E-state index in [1.165, 1.54) is 5.56 Å². The molecule has 1 fully saturated rings. The lowest BCUT2D eigenvalue weighted by Gasteiger charge is -2.05. The molecule has 1 aliphatic carbocycles. The second-order valence-corrected chi connectivity index (χ2v) is 4.87. The lowest BCUT2D eigenvalue weighted by molar-refractivity contribution is 0.558. The van der Waals surface area contributed by atoms with Crippen molar-refractivity contribution in [3.63, 3.8) is 0 Å². The lowest BCUT2D eigenvalue weighted by Crippen LogP contribution is -2.05. The maximum absolute atomic E-state index is 5.78. The van der Waals surface area contributed by atoms with Crippen molar-refractivity contribution >= 4 is 0 Å². The fourth-order valence-corrected chi connectivity index (χ4v) is 2.70. The molecule has 0 bridgehead atoms. The summed E-state index contributed by atoms with van der Waals surface area (Å²) in [6, 6.07) is 8.19. The van der Waals surface area contributed by atoms with E-state index < -0.39 is 0 Å². The Kier molecular flexibility index (Phi) is 2.32. The number of terminal acetylenes is 1. The summed E-state index contributed by atoms with van der Waals surface area (Å²) in [5.74, 6) is 3.87. The van der Waals surface area contributed by atoms with Crippen LogP contribution in [0.3, 0.4) is 0 Å². The van der Waals surface area contributed by atoms with Crippen molar-refractivity contribution in [3.05, 3.63) is 35.4 Å². The standard InChI is InChI=1S/C14H17N/c1-4-10-7-5-6-8-11(10)13-12(9-15)14(13,2)3/h1,5-8,12-13H,9,15H2,2-3H3/t12-,13-/m0/s1. The van der Waals surface area contributed by atoms with E-state index in [1.54, 1.807) is 0 Å². The van der Waals surface area contributed by atoms with Gasteiger partial charge in [0.25, 0.3) is 0 Å². The van der Waals surface area contributed by atoms with Crippen LogP contribution in [0.5, 0.6) is 0 Å². The minimum Gasteiger partial charge on any atom is -0.330 e. The molecule has 2 rings (SSSR count). The summed E-state index contributed by atoms with van der Waals surface area (Å²) in [6.07, 6.45) is 5.51. The molecule has 15 heavy (non-hydrogen) atoms. The number of benzene rings is 1. The van der Waals surface area contributed by atoms with Crippen LogP contribution in [0.2, 0.25) is 0 Å². The van der Waals surface area contributed by atoms with Gasteiger partial charge in [0.1, 0.15) is 0 Å². The highest BCUT2D eigenvalue weighted by atomic mass is 14.7. The molecule has 0 aliphatic heterocycles. The van der Waals surface area contributed by atoms with E-state index in [1.807, 2.05) is 12.1 Å². The van der Waals surface area contributed by atoms with E-state index in [2.05, 4.69) is 31.9 Å². The van der Waals surface area contributed by atoms with Gasteiger partial charge in [-0.05, 0) is 35.4 Å². The maximum atomic E-state index is 5.78. The molecule has 0 spiro atoms. The molecular weight excluding hydrogens is 182 g/mol. The van der Waals surface area contributed by atoms with Gasteiger partial charge in [-0.25, -0.2) is 0 Å². The fraction of sp³-hybridized carbons (Fsp3) is 0.429. The van der Waals surface area contributed by atoms with Crippen LogP contribution in [0, 0.1) is 23.7 Å². The molecule has 1 saturated carbocycles. The molecule has 1 nitrogen and oxygen atoms in total. The Morgan fingerprint density at radius 1 is 1.40 bits per heavy atom. The van der Waals surface area contributed by atoms with Crippen LogP contribution in [-0.4, -0.2) is 6.54 Å². The first-order valence-electron chi connectivity index (χ1n) is 5.38. The molecule has 0 aromatic heterocycles. The smallest absolute Gasteiger partial charge is 0.0277 e. The lowest BCUT2D eigenvalue weighted by atomic mass is 9.98. The van der Waals surface area contributed by atoms with Gasteiger partial charge >= 0.3 is 0 Å². The van der Waals surface area contributed by atoms with E-state index in [4.69, 9.17) is 12.2 Å². The Labute approximate surface area is 91.7 Å². The van der Waals surface area contributed by atoms with Crippen LogP contribution in [0.15, 0.2) is 24.3 Å². The molecule has 0 radical (unpaired) electrons. The largest absolute Gasteiger partial charge is 0.330 e. The highest BCUT2D eigenvalue weighted by Crippen LogP contribution is 2.64. The quantitative estimate of drug-likeness (QED) is 0.727. The van der Waals surface area contributed by atoms with Gasteiger partial charge in [-0.3, -0.25) is 0 Å². The predicted octanol–water partition coefficient (Wildman–Crippen LogP) is 2.37. The second-order valence-electron chi connectivity index (χ2n) is 4.87. The van der Waals surface area contributed by atoms with Crippen LogP contribution in [0.4, 0.5) is 0 Å². The molecule has 2 N–H and O–H groups in total. The normalized spacial score (nSPS) is 27.1. The average molecular weight is 199 g/mol. The van der Waals surface area contributed by atoms with Crippen molar-refractivity contribution in [2.24, 2.45) is 17.1 Å². The molecule has 0 saturated heterocycles. The van der Waals surface area contributed by atoms with Crippen molar-refractivity contribution < 1.29 is 0 Å². The number of nitrogens with two attached hydrogens (primary N) is 1. The van der Waals surface area contributed by atoms with Crippen molar-refractivity contribution in [2.75, 3.05) is 6.54 Å². The topological polar surface area (TPSA) is 26.0 Å². The zero-order valence-electron chi connectivity index (χ0n) is 9.33. The highest BCUT2D eigenvalue weighted by molar-refractivity contribution is 5.46. The Hall–Kier alpha value is -1.26. The van der Waals surface area contributed by atoms with Crippen molar-refractivity contribution in [1.29, 1.82) is 0 Å². The summed E-state index contributed by atoms with van der Waals surface area (Å²) >= 11 is 0. The van der Waals surface area contributed by atoms with Gasteiger partial charge in [-0.1, -0.05) is 38.0 Å². The zero-order chi connectivity index (χ0) is 11.1. The fourth-order valence-electron chi connectivity index (χ4n) is 2.70. The van der Waals surface area contributed by atoms with E-state index in [0.717, 1.165) is 12.1 Å². The minimum absolute atomic E-state index is 0.307. The van der Waals surface area contributed by atoms with E-state index in [9.17, 15) is 0 Å². The van der Waals surface area contributed by atoms with E-state index in [0.29, 0.717) is 17.3 Å². The first-order chi connectivity index (χ1) is 7.12. The molecule has 1 heteroatoms. The van der Waals surface area contributed by atoms with Crippen molar-refractivity contribution in [2.45, 2.75) is 19.8 Å². The maximum Gasteiger partial charge on any atom is 0.0277 e. The SMILES string of the molecule is C#Cc1ccccc1[C@H]1[C@H](CN)C1(C)C. The third-order valence-corrected chi connectivity index (χ3v) is 3.76. The number of hydrogen-bond acceptors (Lipinski definition) is 1. The third-order valence-electron chi connectivity index (χ3n) is 3.76. The van der Waals surface area contributed by atoms with Crippen LogP contribution < -0.4 is 5.73 Å². The van der Waals surface area contributed by atoms with Crippen molar-refractivity contribution in [3.8, 4) is 12.3 Å². The molecule has 0 heterocycles. The van der Waals surface area contributed by atoms with Crippen LogP contribution in [-0.2, 0) is 0 Å². The Morgan fingerprint density at radius 2 is 2.07 bits per heavy atom. The predicted molar refractivity (Wildman–Crippen MR) is 63.4 cm³/mol. The van der Waals surface area contributed by atoms with E-state index in [-0.39, 0.29) is 0 Å². The highest BCUT2D eigenvalue weighted by Gasteiger charge is 2.57. The monoisotopic (exact) mass is 199 g/mol. The molecule has 1 aromatic carbocycles. The third kappa shape index (κ3) is 1.46. The summed E-state index contributed by atoms with van der Waals surface area (Å²) < 4.78 is 0. The number of rotatable bonds is 2. The Bertz CT molecular complexity index is 412. The Balaban J connectivity index is 2.37. The van der Waals surface area contributed by atoms with Gasteiger partial charge < -0.3 is 5.73 Å². The second kappa shape index (κ2) is 3.40. The van der Waals surface area contributed by atoms with Gasteiger partial charge in [0, 0.05) is 5.56 Å². The van der Waals surface area contributed by atoms with Crippen LogP contribution in [0.1, 0.15) is 30.9 Å². The van der Waals surface area contributed by atoms with Crippen molar-refractivity contribution in [1.82, 2.24) is 0 Å². The van der Waals surface area contributed by atoms with Crippen LogP contribution >= 0.6 is 0 Å².